The molecule has 0 radical (unpaired) electrons. The summed E-state index contributed by atoms with van der Waals surface area (Å²) in [6, 6.07) is 11.7. The molecule has 0 spiro atoms. The lowest BCUT2D eigenvalue weighted by atomic mass is 9.81. The summed E-state index contributed by atoms with van der Waals surface area (Å²) < 4.78 is 0. The maximum absolute atomic E-state index is 10.2. The number of allylic oxidation sites excluding steroid dienone is 2. The van der Waals surface area contributed by atoms with E-state index in [1.54, 1.807) is 12.1 Å². The van der Waals surface area contributed by atoms with Crippen molar-refractivity contribution >= 4 is 5.57 Å². The van der Waals surface area contributed by atoms with E-state index in [-0.39, 0.29) is 0 Å². The third-order valence-corrected chi connectivity index (χ3v) is 5.12. The summed E-state index contributed by atoms with van der Waals surface area (Å²) in [4.78, 5) is 0. The Hall–Kier alpha value is -2.22. The summed E-state index contributed by atoms with van der Waals surface area (Å²) in [6.45, 7) is 6.31. The van der Waals surface area contributed by atoms with Gasteiger partial charge in [-0.1, -0.05) is 32.1 Å². The number of phenols is 2. The largest absolute Gasteiger partial charge is 0.508 e. The molecule has 3 rings (SSSR count). The molecule has 24 heavy (non-hydrogen) atoms. The normalized spacial score (nSPS) is 17.8. The first-order valence-corrected chi connectivity index (χ1v) is 8.77. The van der Waals surface area contributed by atoms with Crippen molar-refractivity contribution in [3.63, 3.8) is 0 Å². The van der Waals surface area contributed by atoms with Crippen molar-refractivity contribution in [3.05, 3.63) is 64.7 Å². The standard InChI is InChI=1S/C22H26O2/c1-14(2)20-13-21(15(3)12-22(20)24)18-6-4-16(5-7-18)17-8-10-19(23)11-9-17/h6,8-14,16,23-24H,4-5,7H2,1-3H3. The van der Waals surface area contributed by atoms with Gasteiger partial charge >= 0.3 is 0 Å². The molecule has 1 unspecified atom stereocenters. The topological polar surface area (TPSA) is 40.5 Å². The quantitative estimate of drug-likeness (QED) is 0.740. The molecule has 1 aliphatic rings. The van der Waals surface area contributed by atoms with Gasteiger partial charge in [-0.2, -0.15) is 0 Å². The second kappa shape index (κ2) is 6.72. The first-order chi connectivity index (χ1) is 11.5. The van der Waals surface area contributed by atoms with Crippen LogP contribution in [0.25, 0.3) is 5.57 Å². The molecule has 0 saturated carbocycles. The molecule has 0 bridgehead atoms. The minimum Gasteiger partial charge on any atom is -0.508 e. The fourth-order valence-corrected chi connectivity index (χ4v) is 3.65. The van der Waals surface area contributed by atoms with Crippen LogP contribution in [0.4, 0.5) is 0 Å². The lowest BCUT2D eigenvalue weighted by molar-refractivity contribution is 0.464. The lowest BCUT2D eigenvalue weighted by Gasteiger charge is -2.24. The minimum atomic E-state index is 0.318. The maximum atomic E-state index is 10.2. The van der Waals surface area contributed by atoms with Gasteiger partial charge in [0.25, 0.3) is 0 Å². The van der Waals surface area contributed by atoms with Crippen LogP contribution in [0.2, 0.25) is 0 Å². The summed E-state index contributed by atoms with van der Waals surface area (Å²) in [6.07, 6.45) is 5.55. The Labute approximate surface area is 144 Å². The molecule has 2 heteroatoms. The highest BCUT2D eigenvalue weighted by molar-refractivity contribution is 5.71. The summed E-state index contributed by atoms with van der Waals surface area (Å²) in [5, 5.41) is 19.6. The number of aryl methyl sites for hydroxylation is 1. The second-order valence-corrected chi connectivity index (χ2v) is 7.17. The van der Waals surface area contributed by atoms with E-state index in [0.717, 1.165) is 30.4 Å². The van der Waals surface area contributed by atoms with E-state index in [1.165, 1.54) is 16.7 Å². The molecule has 0 fully saturated rings. The Bertz CT molecular complexity index is 754. The van der Waals surface area contributed by atoms with Gasteiger partial charge in [-0.25, -0.2) is 0 Å². The van der Waals surface area contributed by atoms with Crippen molar-refractivity contribution in [2.45, 2.75) is 51.9 Å². The average Bonchev–Trinajstić information content (AvgIpc) is 2.55. The zero-order valence-corrected chi connectivity index (χ0v) is 14.7. The van der Waals surface area contributed by atoms with Crippen LogP contribution in [0.3, 0.4) is 0 Å². The molecular weight excluding hydrogens is 296 g/mol. The number of rotatable bonds is 3. The number of benzene rings is 2. The first-order valence-electron chi connectivity index (χ1n) is 8.77. The zero-order chi connectivity index (χ0) is 17.3. The number of phenolic OH excluding ortho intramolecular Hbond substituents is 2. The molecule has 0 amide bonds. The molecule has 2 aromatic rings. The summed E-state index contributed by atoms with van der Waals surface area (Å²) in [7, 11) is 0. The van der Waals surface area contributed by atoms with Gasteiger partial charge in [0.15, 0.2) is 0 Å². The van der Waals surface area contributed by atoms with Gasteiger partial charge in [0.05, 0.1) is 0 Å². The molecule has 2 N–H and O–H groups in total. The second-order valence-electron chi connectivity index (χ2n) is 7.17. The molecule has 0 aliphatic heterocycles. The minimum absolute atomic E-state index is 0.318. The average molecular weight is 322 g/mol. The van der Waals surface area contributed by atoms with Crippen LogP contribution in [0.5, 0.6) is 11.5 Å². The van der Waals surface area contributed by atoms with Crippen molar-refractivity contribution in [1.82, 2.24) is 0 Å². The summed E-state index contributed by atoms with van der Waals surface area (Å²) in [5.74, 6) is 1.57. The number of hydrogen-bond donors (Lipinski definition) is 2. The monoisotopic (exact) mass is 322 g/mol. The van der Waals surface area contributed by atoms with Gasteiger partial charge in [0.2, 0.25) is 0 Å². The molecule has 0 heterocycles. The van der Waals surface area contributed by atoms with Crippen LogP contribution in [-0.2, 0) is 0 Å². The smallest absolute Gasteiger partial charge is 0.119 e. The highest BCUT2D eigenvalue weighted by atomic mass is 16.3. The molecule has 2 nitrogen and oxygen atoms in total. The third kappa shape index (κ3) is 3.33. The molecular formula is C22H26O2. The van der Waals surface area contributed by atoms with Gasteiger partial charge in [0, 0.05) is 0 Å². The van der Waals surface area contributed by atoms with Crippen molar-refractivity contribution in [1.29, 1.82) is 0 Å². The predicted octanol–water partition coefficient (Wildman–Crippen LogP) is 5.88. The van der Waals surface area contributed by atoms with Crippen LogP contribution >= 0.6 is 0 Å². The summed E-state index contributed by atoms with van der Waals surface area (Å²) >= 11 is 0. The molecule has 126 valence electrons. The zero-order valence-electron chi connectivity index (χ0n) is 14.7. The van der Waals surface area contributed by atoms with E-state index in [4.69, 9.17) is 0 Å². The van der Waals surface area contributed by atoms with Crippen LogP contribution in [0.15, 0.2) is 42.5 Å². The highest BCUT2D eigenvalue weighted by Crippen LogP contribution is 2.39. The van der Waals surface area contributed by atoms with E-state index >= 15 is 0 Å². The van der Waals surface area contributed by atoms with Gasteiger partial charge in [0.1, 0.15) is 11.5 Å². The van der Waals surface area contributed by atoms with Crippen molar-refractivity contribution in [2.24, 2.45) is 0 Å². The van der Waals surface area contributed by atoms with Crippen LogP contribution in [-0.4, -0.2) is 10.2 Å². The molecule has 1 atom stereocenters. The Morgan fingerprint density at radius 2 is 1.75 bits per heavy atom. The molecule has 0 saturated heterocycles. The first kappa shape index (κ1) is 16.6. The van der Waals surface area contributed by atoms with Crippen LogP contribution < -0.4 is 0 Å². The third-order valence-electron chi connectivity index (χ3n) is 5.12. The summed E-state index contributed by atoms with van der Waals surface area (Å²) in [5.41, 5.74) is 6.14. The van der Waals surface area contributed by atoms with E-state index in [2.05, 4.69) is 32.9 Å². The highest BCUT2D eigenvalue weighted by Gasteiger charge is 2.19. The Kier molecular flexibility index (Phi) is 4.66. The van der Waals surface area contributed by atoms with Crippen molar-refractivity contribution < 1.29 is 10.2 Å². The predicted molar refractivity (Wildman–Crippen MR) is 99.6 cm³/mol. The lowest BCUT2D eigenvalue weighted by Crippen LogP contribution is -2.05. The van der Waals surface area contributed by atoms with Gasteiger partial charge in [-0.3, -0.25) is 0 Å². The van der Waals surface area contributed by atoms with Crippen LogP contribution in [0, 0.1) is 6.92 Å². The van der Waals surface area contributed by atoms with Crippen molar-refractivity contribution in [2.75, 3.05) is 0 Å². The number of aromatic hydroxyl groups is 2. The fraction of sp³-hybridized carbons (Fsp3) is 0.364. The maximum Gasteiger partial charge on any atom is 0.119 e. The van der Waals surface area contributed by atoms with Gasteiger partial charge < -0.3 is 10.2 Å². The van der Waals surface area contributed by atoms with E-state index in [0.29, 0.717) is 23.3 Å². The Morgan fingerprint density at radius 1 is 1.04 bits per heavy atom. The van der Waals surface area contributed by atoms with Gasteiger partial charge in [-0.05, 0) is 90.1 Å². The molecule has 1 aliphatic carbocycles. The van der Waals surface area contributed by atoms with Crippen LogP contribution in [0.1, 0.15) is 67.2 Å². The fourth-order valence-electron chi connectivity index (χ4n) is 3.65. The van der Waals surface area contributed by atoms with Crippen molar-refractivity contribution in [3.8, 4) is 11.5 Å². The Morgan fingerprint density at radius 3 is 2.33 bits per heavy atom. The molecule has 0 aromatic heterocycles. The Balaban J connectivity index is 1.85. The van der Waals surface area contributed by atoms with E-state index in [1.807, 2.05) is 18.2 Å². The SMILES string of the molecule is Cc1cc(O)c(C(C)C)cc1C1=CCC(c2ccc(O)cc2)CC1. The number of hydrogen-bond acceptors (Lipinski definition) is 2. The van der Waals surface area contributed by atoms with Gasteiger partial charge in [-0.15, -0.1) is 0 Å². The van der Waals surface area contributed by atoms with E-state index < -0.39 is 0 Å². The molecule has 2 aromatic carbocycles. The van der Waals surface area contributed by atoms with E-state index in [9.17, 15) is 10.2 Å².